The molecule has 76 valence electrons. The average Bonchev–Trinajstić information content (AvgIpc) is 2.49. The second kappa shape index (κ2) is 5.13. The molecule has 0 saturated heterocycles. The van der Waals surface area contributed by atoms with Crippen molar-refractivity contribution in [1.29, 1.82) is 0 Å². The van der Waals surface area contributed by atoms with Gasteiger partial charge in [-0.25, -0.2) is 8.15 Å². The smallest absolute Gasteiger partial charge is 0.268 e. The van der Waals surface area contributed by atoms with Gasteiger partial charge in [0.05, 0.1) is 11.4 Å². The normalized spacial score (nSPS) is 16.2. The fourth-order valence-corrected chi connectivity index (χ4v) is 7.64. The van der Waals surface area contributed by atoms with E-state index >= 15 is 0 Å². The van der Waals surface area contributed by atoms with Crippen LogP contribution in [-0.2, 0) is 0 Å². The molecule has 1 aliphatic rings. The summed E-state index contributed by atoms with van der Waals surface area (Å²) in [5, 5.41) is 0. The van der Waals surface area contributed by atoms with Crippen LogP contribution in [0.4, 0.5) is 11.4 Å². The molecule has 0 bridgehead atoms. The molecule has 3 nitrogen and oxygen atoms in total. The van der Waals surface area contributed by atoms with E-state index in [9.17, 15) is 4.89 Å². The quantitative estimate of drug-likeness (QED) is 0.390. The highest BCUT2D eigenvalue weighted by molar-refractivity contribution is 14.2. The molecular formula is C6H5I2N2OPS2. The van der Waals surface area contributed by atoms with Crippen LogP contribution in [0.2, 0.25) is 0 Å². The average molecular weight is 470 g/mol. The van der Waals surface area contributed by atoms with Crippen molar-refractivity contribution in [1.82, 2.24) is 0 Å². The first-order chi connectivity index (χ1) is 6.79. The minimum Gasteiger partial charge on any atom is -0.337 e. The van der Waals surface area contributed by atoms with Crippen LogP contribution in [0.25, 0.3) is 0 Å². The molecule has 2 rings (SSSR count). The summed E-state index contributed by atoms with van der Waals surface area (Å²) in [7, 11) is 1.81. The second-order valence-electron chi connectivity index (χ2n) is 2.44. The maximum Gasteiger partial charge on any atom is 0.268 e. The Morgan fingerprint density at radius 2 is 1.50 bits per heavy atom. The molecule has 1 aromatic rings. The predicted octanol–water partition coefficient (Wildman–Crippen LogP) is 4.53. The highest BCUT2D eigenvalue weighted by Crippen LogP contribution is 2.64. The van der Waals surface area contributed by atoms with E-state index in [2.05, 4.69) is 42.4 Å². The van der Waals surface area contributed by atoms with E-state index in [4.69, 9.17) is 0 Å². The van der Waals surface area contributed by atoms with Gasteiger partial charge in [-0.05, 0) is 12.1 Å². The molecule has 0 aliphatic carbocycles. The van der Waals surface area contributed by atoms with Crippen LogP contribution in [0.5, 0.6) is 0 Å². The van der Waals surface area contributed by atoms with E-state index in [0.29, 0.717) is 0 Å². The van der Waals surface area contributed by atoms with Crippen LogP contribution >= 0.6 is 69.1 Å². The zero-order valence-electron chi connectivity index (χ0n) is 6.67. The van der Waals surface area contributed by atoms with Crippen molar-refractivity contribution in [2.45, 2.75) is 0 Å². The highest BCUT2D eigenvalue weighted by atomic mass is 127. The standard InChI is InChI=1S/C6H5I2N2OPS2/c7-13-9-5-3-1-2-4-6(5)10(14-8)12(9)11/h1-4,11H. The number of hydrogen-bond donors (Lipinski definition) is 1. The van der Waals surface area contributed by atoms with Gasteiger partial charge in [0.15, 0.2) is 0 Å². The van der Waals surface area contributed by atoms with E-state index in [-0.39, 0.29) is 0 Å². The summed E-state index contributed by atoms with van der Waals surface area (Å²) in [5.74, 6) is 0. The number of nitrogens with zero attached hydrogens (tertiary/aromatic N) is 2. The summed E-state index contributed by atoms with van der Waals surface area (Å²) < 4.78 is 3.88. The molecule has 0 fully saturated rings. The number of hydrogen-bond acceptors (Lipinski definition) is 5. The van der Waals surface area contributed by atoms with Crippen molar-refractivity contribution < 1.29 is 4.89 Å². The summed E-state index contributed by atoms with van der Waals surface area (Å²) in [6.45, 7) is 0. The lowest BCUT2D eigenvalue weighted by atomic mass is 10.3. The van der Waals surface area contributed by atoms with Crippen LogP contribution < -0.4 is 8.15 Å². The molecule has 0 aromatic heterocycles. The maximum absolute atomic E-state index is 10.0. The Morgan fingerprint density at radius 3 is 1.86 bits per heavy atom. The van der Waals surface area contributed by atoms with Gasteiger partial charge in [0.25, 0.3) is 8.45 Å². The Hall–Kier alpha value is 1.37. The molecule has 0 spiro atoms. The van der Waals surface area contributed by atoms with Crippen molar-refractivity contribution in [2.24, 2.45) is 0 Å². The number of anilines is 2. The summed E-state index contributed by atoms with van der Waals surface area (Å²) in [4.78, 5) is 10.0. The first-order valence-electron chi connectivity index (χ1n) is 3.55. The van der Waals surface area contributed by atoms with Gasteiger partial charge in [-0.15, -0.1) is 0 Å². The van der Waals surface area contributed by atoms with Gasteiger partial charge in [-0.3, -0.25) is 0 Å². The van der Waals surface area contributed by atoms with Crippen molar-refractivity contribution in [2.75, 3.05) is 8.15 Å². The van der Waals surface area contributed by atoms with Crippen molar-refractivity contribution >= 4 is 80.5 Å². The highest BCUT2D eigenvalue weighted by Gasteiger charge is 2.36. The molecule has 1 aromatic carbocycles. The van der Waals surface area contributed by atoms with Crippen molar-refractivity contribution in [3.63, 3.8) is 0 Å². The van der Waals surface area contributed by atoms with E-state index in [1.165, 1.54) is 18.2 Å². The van der Waals surface area contributed by atoms with Gasteiger partial charge in [0, 0.05) is 60.6 Å². The van der Waals surface area contributed by atoms with Gasteiger partial charge in [-0.2, -0.15) is 0 Å². The Morgan fingerprint density at radius 1 is 1.07 bits per heavy atom. The lowest BCUT2D eigenvalue weighted by molar-refractivity contribution is 0.631. The Bertz CT molecular complexity index is 314. The third kappa shape index (κ3) is 1.95. The number of fused-ring (bicyclic) bond motifs is 1. The number of halogens is 2. The first-order valence-corrected chi connectivity index (χ1v) is 11.4. The predicted molar refractivity (Wildman–Crippen MR) is 83.8 cm³/mol. The molecule has 8 heteroatoms. The number of benzene rings is 1. The molecule has 1 heterocycles. The third-order valence-electron chi connectivity index (χ3n) is 1.75. The van der Waals surface area contributed by atoms with Gasteiger partial charge in [-0.1, -0.05) is 12.1 Å². The molecule has 1 N–H and O–H groups in total. The fraction of sp³-hybridized carbons (Fsp3) is 0. The van der Waals surface area contributed by atoms with E-state index in [0.717, 1.165) is 11.4 Å². The lowest BCUT2D eigenvalue weighted by Crippen LogP contribution is -2.05. The molecular weight excluding hydrogens is 465 g/mol. The largest absolute Gasteiger partial charge is 0.337 e. The van der Waals surface area contributed by atoms with Crippen molar-refractivity contribution in [3.8, 4) is 0 Å². The maximum atomic E-state index is 10.0. The molecule has 1 aliphatic heterocycles. The monoisotopic (exact) mass is 470 g/mol. The minimum absolute atomic E-state index is 1.09. The molecule has 0 amide bonds. The van der Waals surface area contributed by atoms with E-state index in [1.54, 1.807) is 0 Å². The topological polar surface area (TPSA) is 26.7 Å². The minimum atomic E-state index is -1.24. The molecule has 0 radical (unpaired) electrons. The van der Waals surface area contributed by atoms with E-state index < -0.39 is 8.45 Å². The fourth-order valence-electron chi connectivity index (χ4n) is 1.18. The van der Waals surface area contributed by atoms with Crippen LogP contribution in [0.1, 0.15) is 0 Å². The summed E-state index contributed by atoms with van der Waals surface area (Å²) in [6, 6.07) is 8.03. The van der Waals surface area contributed by atoms with Gasteiger partial charge < -0.3 is 4.89 Å². The van der Waals surface area contributed by atoms with Crippen LogP contribution in [-0.4, -0.2) is 4.89 Å². The first kappa shape index (κ1) is 11.8. The lowest BCUT2D eigenvalue weighted by Gasteiger charge is -2.20. The number of para-hydroxylation sites is 2. The Balaban J connectivity index is 2.45. The molecule has 0 saturated carbocycles. The van der Waals surface area contributed by atoms with Crippen LogP contribution in [0.3, 0.4) is 0 Å². The Kier molecular flexibility index (Phi) is 4.34. The third-order valence-corrected chi connectivity index (χ3v) is 9.08. The van der Waals surface area contributed by atoms with Gasteiger partial charge >= 0.3 is 0 Å². The molecule has 14 heavy (non-hydrogen) atoms. The number of rotatable bonds is 2. The zero-order chi connectivity index (χ0) is 10.1. The SMILES string of the molecule is OP1N(SI)c2ccccc2N1SI. The van der Waals surface area contributed by atoms with Crippen molar-refractivity contribution in [3.05, 3.63) is 24.3 Å². The molecule has 0 unspecified atom stereocenters. The summed E-state index contributed by atoms with van der Waals surface area (Å²) in [6.07, 6.45) is 0. The van der Waals surface area contributed by atoms with E-state index in [1.807, 2.05) is 32.4 Å². The van der Waals surface area contributed by atoms with Gasteiger partial charge in [0.1, 0.15) is 0 Å². The van der Waals surface area contributed by atoms with Gasteiger partial charge in [0.2, 0.25) is 0 Å². The van der Waals surface area contributed by atoms with Crippen LogP contribution in [0, 0.1) is 0 Å². The second-order valence-corrected chi connectivity index (χ2v) is 7.69. The Labute approximate surface area is 116 Å². The molecule has 0 atom stereocenters. The van der Waals surface area contributed by atoms with Crippen LogP contribution in [0.15, 0.2) is 24.3 Å². The zero-order valence-corrected chi connectivity index (χ0v) is 13.5. The summed E-state index contributed by atoms with van der Waals surface area (Å²) >= 11 is 4.38. The summed E-state index contributed by atoms with van der Waals surface area (Å²) in [5.41, 5.74) is 2.18.